The van der Waals surface area contributed by atoms with E-state index in [1.807, 2.05) is 0 Å². The van der Waals surface area contributed by atoms with Crippen molar-refractivity contribution in [3.8, 4) is 5.75 Å². The Morgan fingerprint density at radius 1 is 1.08 bits per heavy atom. The molecule has 2 saturated carbocycles. The zero-order chi connectivity index (χ0) is 27.3. The van der Waals surface area contributed by atoms with E-state index in [0.717, 1.165) is 31.6 Å². The summed E-state index contributed by atoms with van der Waals surface area (Å²) in [5, 5.41) is 0. The van der Waals surface area contributed by atoms with Gasteiger partial charge in [0.15, 0.2) is 21.4 Å². The Balaban J connectivity index is 1.20. The smallest absolute Gasteiger partial charge is 0.410 e. The maximum atomic E-state index is 14.6. The number of ether oxygens (including phenoxy) is 2. The van der Waals surface area contributed by atoms with Crippen molar-refractivity contribution in [1.29, 1.82) is 0 Å². The molecule has 1 aromatic carbocycles. The van der Waals surface area contributed by atoms with E-state index in [1.54, 1.807) is 4.90 Å². The Labute approximate surface area is 220 Å². The standard InChI is InChI=1S/C26H34F4N2O5S/c1-38(34,35)21-9-10-23(22(27)13-21)36-15-17-5-7-18(8-6-17)32-19-11-12-25(32,26(28,29)30)16-31(14-19)24(33)37-20-3-2-4-20/h9-10,13,17-20H,2-8,11-12,14-16H2,1H3/t17-,18-,19?,25?. The first-order valence-corrected chi connectivity index (χ1v) is 15.2. The number of halogens is 4. The zero-order valence-electron chi connectivity index (χ0n) is 21.4. The number of benzene rings is 1. The van der Waals surface area contributed by atoms with E-state index in [1.165, 1.54) is 17.0 Å². The summed E-state index contributed by atoms with van der Waals surface area (Å²) in [4.78, 5) is 15.4. The van der Waals surface area contributed by atoms with Gasteiger partial charge < -0.3 is 14.4 Å². The summed E-state index contributed by atoms with van der Waals surface area (Å²) in [7, 11) is -3.54. The Morgan fingerprint density at radius 2 is 1.79 bits per heavy atom. The quantitative estimate of drug-likeness (QED) is 0.458. The van der Waals surface area contributed by atoms with Crippen LogP contribution in [0.15, 0.2) is 23.1 Å². The number of carbonyl (C=O) groups excluding carboxylic acids is 1. The Hall–Kier alpha value is -2.08. The number of sulfone groups is 1. The summed E-state index contributed by atoms with van der Waals surface area (Å²) in [6.07, 6.45) is 0.971. The van der Waals surface area contributed by atoms with Gasteiger partial charge in [-0.05, 0) is 81.9 Å². The van der Waals surface area contributed by atoms with Gasteiger partial charge in [-0.1, -0.05) is 0 Å². The van der Waals surface area contributed by atoms with Crippen molar-refractivity contribution >= 4 is 15.9 Å². The molecular weight excluding hydrogens is 528 g/mol. The molecular formula is C26H34F4N2O5S. The van der Waals surface area contributed by atoms with Gasteiger partial charge in [-0.15, -0.1) is 0 Å². The summed E-state index contributed by atoms with van der Waals surface area (Å²) in [6, 6.07) is 2.89. The van der Waals surface area contributed by atoms with Crippen LogP contribution in [0.25, 0.3) is 0 Å². The van der Waals surface area contributed by atoms with Gasteiger partial charge in [-0.25, -0.2) is 17.6 Å². The second-order valence-electron chi connectivity index (χ2n) is 11.3. The fraction of sp³-hybridized carbons (Fsp3) is 0.731. The van der Waals surface area contributed by atoms with Gasteiger partial charge in [0.05, 0.1) is 18.0 Å². The molecule has 2 unspecified atom stereocenters. The minimum absolute atomic E-state index is 0.0276. The molecule has 2 aliphatic carbocycles. The van der Waals surface area contributed by atoms with Crippen LogP contribution in [-0.2, 0) is 14.6 Å². The van der Waals surface area contributed by atoms with Crippen molar-refractivity contribution < 1.29 is 40.2 Å². The molecule has 2 saturated heterocycles. The van der Waals surface area contributed by atoms with Crippen LogP contribution in [0.5, 0.6) is 5.75 Å². The predicted molar refractivity (Wildman–Crippen MR) is 130 cm³/mol. The van der Waals surface area contributed by atoms with Crippen LogP contribution in [0.1, 0.15) is 57.8 Å². The molecule has 38 heavy (non-hydrogen) atoms. The molecule has 1 aromatic rings. The van der Waals surface area contributed by atoms with Gasteiger partial charge >= 0.3 is 12.3 Å². The van der Waals surface area contributed by atoms with Crippen molar-refractivity contribution in [1.82, 2.24) is 9.80 Å². The number of alkyl halides is 3. The van der Waals surface area contributed by atoms with E-state index >= 15 is 0 Å². The Morgan fingerprint density at radius 3 is 2.37 bits per heavy atom. The van der Waals surface area contributed by atoms with Gasteiger partial charge in [0.25, 0.3) is 0 Å². The molecule has 12 heteroatoms. The van der Waals surface area contributed by atoms with Crippen LogP contribution in [0, 0.1) is 11.7 Å². The van der Waals surface area contributed by atoms with E-state index in [0.29, 0.717) is 32.1 Å². The molecule has 2 heterocycles. The highest BCUT2D eigenvalue weighted by atomic mass is 32.2. The monoisotopic (exact) mass is 562 g/mol. The van der Waals surface area contributed by atoms with Crippen molar-refractivity contribution in [3.63, 3.8) is 0 Å². The highest BCUT2D eigenvalue weighted by Crippen LogP contribution is 2.52. The molecule has 2 aliphatic heterocycles. The Bertz CT molecular complexity index is 1150. The number of fused-ring (bicyclic) bond motifs is 2. The third kappa shape index (κ3) is 5.22. The molecule has 2 atom stereocenters. The highest BCUT2D eigenvalue weighted by molar-refractivity contribution is 7.90. The molecule has 0 spiro atoms. The number of nitrogens with zero attached hydrogens (tertiary/aromatic N) is 2. The van der Waals surface area contributed by atoms with Crippen molar-refractivity contribution in [2.45, 2.75) is 92.6 Å². The fourth-order valence-electron chi connectivity index (χ4n) is 6.49. The number of hydrogen-bond acceptors (Lipinski definition) is 6. The molecule has 212 valence electrons. The first-order valence-electron chi connectivity index (χ1n) is 13.3. The molecule has 1 amide bonds. The number of hydrogen-bond donors (Lipinski definition) is 0. The minimum Gasteiger partial charge on any atom is -0.490 e. The summed E-state index contributed by atoms with van der Waals surface area (Å²) >= 11 is 0. The van der Waals surface area contributed by atoms with E-state index in [9.17, 15) is 30.8 Å². The number of amides is 1. The molecule has 0 aromatic heterocycles. The van der Waals surface area contributed by atoms with Crippen LogP contribution in [0.3, 0.4) is 0 Å². The maximum absolute atomic E-state index is 14.6. The van der Waals surface area contributed by atoms with Crippen molar-refractivity contribution in [3.05, 3.63) is 24.0 Å². The molecule has 2 bridgehead atoms. The lowest BCUT2D eigenvalue weighted by Gasteiger charge is -2.53. The van der Waals surface area contributed by atoms with Crippen LogP contribution >= 0.6 is 0 Å². The lowest BCUT2D eigenvalue weighted by Crippen LogP contribution is -2.71. The third-order valence-corrected chi connectivity index (χ3v) is 9.89. The average Bonchev–Trinajstić information content (AvgIpc) is 3.06. The highest BCUT2D eigenvalue weighted by Gasteiger charge is 2.67. The summed E-state index contributed by atoms with van der Waals surface area (Å²) in [5.74, 6) is -0.754. The van der Waals surface area contributed by atoms with Crippen LogP contribution in [0.4, 0.5) is 22.4 Å². The van der Waals surface area contributed by atoms with Crippen molar-refractivity contribution in [2.75, 3.05) is 26.0 Å². The largest absolute Gasteiger partial charge is 0.490 e. The van der Waals surface area contributed by atoms with Gasteiger partial charge in [0, 0.05) is 24.9 Å². The molecule has 7 nitrogen and oxygen atoms in total. The summed E-state index contributed by atoms with van der Waals surface area (Å²) in [5.41, 5.74) is -2.06. The molecule has 4 fully saturated rings. The zero-order valence-corrected chi connectivity index (χ0v) is 22.2. The molecule has 0 N–H and O–H groups in total. The Kier molecular flexibility index (Phi) is 7.34. The van der Waals surface area contributed by atoms with Gasteiger partial charge in [0.2, 0.25) is 0 Å². The van der Waals surface area contributed by atoms with Crippen LogP contribution in [-0.4, -0.2) is 80.2 Å². The number of carbonyl (C=O) groups is 1. The molecule has 4 aliphatic rings. The predicted octanol–water partition coefficient (Wildman–Crippen LogP) is 4.94. The normalized spacial score (nSPS) is 30.7. The topological polar surface area (TPSA) is 76.2 Å². The van der Waals surface area contributed by atoms with Gasteiger partial charge in [-0.2, -0.15) is 13.2 Å². The first-order chi connectivity index (χ1) is 17.9. The van der Waals surface area contributed by atoms with Crippen molar-refractivity contribution in [2.24, 2.45) is 5.92 Å². The number of piperazine rings is 1. The second kappa shape index (κ2) is 10.1. The first kappa shape index (κ1) is 27.5. The van der Waals surface area contributed by atoms with Gasteiger partial charge in [0.1, 0.15) is 11.6 Å². The fourth-order valence-corrected chi connectivity index (χ4v) is 7.13. The summed E-state index contributed by atoms with van der Waals surface area (Å²) in [6.45, 7) is 0.0516. The van der Waals surface area contributed by atoms with E-state index in [-0.39, 0.29) is 54.3 Å². The van der Waals surface area contributed by atoms with E-state index < -0.39 is 40.0 Å². The maximum Gasteiger partial charge on any atom is 0.410 e. The van der Waals surface area contributed by atoms with E-state index in [4.69, 9.17) is 9.47 Å². The molecule has 0 radical (unpaired) electrons. The lowest BCUT2D eigenvalue weighted by molar-refractivity contribution is -0.249. The van der Waals surface area contributed by atoms with Crippen LogP contribution in [0.2, 0.25) is 0 Å². The minimum atomic E-state index is -4.48. The molecule has 5 rings (SSSR count). The average molecular weight is 563 g/mol. The number of likely N-dealkylation sites (tertiary alicyclic amines) is 1. The SMILES string of the molecule is CS(=O)(=O)c1ccc(OC[C@H]2CC[C@H](N3C4CCC3(C(F)(F)F)CN(C(=O)OC3CCC3)C4)CC2)c(F)c1. The third-order valence-electron chi connectivity index (χ3n) is 8.78. The second-order valence-corrected chi connectivity index (χ2v) is 13.3. The van der Waals surface area contributed by atoms with E-state index in [2.05, 4.69) is 0 Å². The van der Waals surface area contributed by atoms with Gasteiger partial charge in [-0.3, -0.25) is 4.90 Å². The lowest BCUT2D eigenvalue weighted by atomic mass is 9.82. The number of rotatable bonds is 6. The summed E-state index contributed by atoms with van der Waals surface area (Å²) < 4.78 is 92.4. The van der Waals surface area contributed by atoms with Crippen LogP contribution < -0.4 is 4.74 Å².